The third kappa shape index (κ3) is 4.93. The monoisotopic (exact) mass is 668 g/mol. The molecule has 0 saturated heterocycles. The van der Waals surface area contributed by atoms with Crippen molar-refractivity contribution in [2.75, 3.05) is 4.90 Å². The zero-order valence-electron chi connectivity index (χ0n) is 27.8. The lowest BCUT2D eigenvalue weighted by atomic mass is 9.99. The second-order valence-corrected chi connectivity index (χ2v) is 14.0. The van der Waals surface area contributed by atoms with Crippen LogP contribution in [0, 0.1) is 0 Å². The Morgan fingerprint density at radius 2 is 1.02 bits per heavy atom. The third-order valence-corrected chi connectivity index (χ3v) is 11.1. The van der Waals surface area contributed by atoms with Crippen molar-refractivity contribution >= 4 is 70.4 Å². The number of hydrogen-bond acceptors (Lipinski definition) is 2. The van der Waals surface area contributed by atoms with Gasteiger partial charge in [-0.1, -0.05) is 133 Å². The topological polar surface area (TPSA) is 8.17 Å². The van der Waals surface area contributed by atoms with Gasteiger partial charge in [-0.05, 0) is 82.9 Å². The Morgan fingerprint density at radius 3 is 1.80 bits per heavy atom. The number of aromatic nitrogens is 1. The van der Waals surface area contributed by atoms with Gasteiger partial charge in [0.05, 0.1) is 16.7 Å². The van der Waals surface area contributed by atoms with E-state index in [0.717, 1.165) is 17.1 Å². The summed E-state index contributed by atoms with van der Waals surface area (Å²) >= 11 is 1.86. The molecule has 10 rings (SSSR count). The fourth-order valence-corrected chi connectivity index (χ4v) is 8.84. The molecule has 2 nitrogen and oxygen atoms in total. The minimum absolute atomic E-state index is 1.11. The number of hydrogen-bond donors (Lipinski definition) is 0. The Morgan fingerprint density at radius 1 is 0.392 bits per heavy atom. The molecule has 0 radical (unpaired) electrons. The van der Waals surface area contributed by atoms with E-state index in [1.807, 2.05) is 11.3 Å². The van der Waals surface area contributed by atoms with Crippen molar-refractivity contribution in [3.05, 3.63) is 194 Å². The van der Waals surface area contributed by atoms with Crippen LogP contribution in [0.1, 0.15) is 0 Å². The normalized spacial score (nSPS) is 11.5. The number of thiophene rings is 1. The van der Waals surface area contributed by atoms with Crippen LogP contribution < -0.4 is 4.90 Å². The van der Waals surface area contributed by atoms with E-state index >= 15 is 0 Å². The van der Waals surface area contributed by atoms with Crippen molar-refractivity contribution in [1.29, 1.82) is 0 Å². The largest absolute Gasteiger partial charge is 0.310 e. The number of nitrogens with zero attached hydrogens (tertiary/aromatic N) is 2. The molecule has 2 heterocycles. The summed E-state index contributed by atoms with van der Waals surface area (Å²) in [4.78, 5) is 2.45. The molecule has 0 bridgehead atoms. The molecule has 8 aromatic carbocycles. The fraction of sp³-hybridized carbons (Fsp3) is 0. The van der Waals surface area contributed by atoms with Gasteiger partial charge in [0.25, 0.3) is 0 Å². The van der Waals surface area contributed by atoms with Crippen molar-refractivity contribution in [1.82, 2.24) is 4.57 Å². The van der Waals surface area contributed by atoms with Crippen molar-refractivity contribution in [2.24, 2.45) is 0 Å². The lowest BCUT2D eigenvalue weighted by Crippen LogP contribution is -2.10. The SMILES string of the molecule is c1ccc(-c2ccc(N(c3ccc4c5c(-c6ccccc6)cccc5n(-c5ccccc5)c4c3)c3cccc4sc5ccccc5c34)cc2)cc1. The smallest absolute Gasteiger partial charge is 0.0562 e. The van der Waals surface area contributed by atoms with Crippen LogP contribution >= 0.6 is 11.3 Å². The molecule has 0 spiro atoms. The minimum Gasteiger partial charge on any atom is -0.310 e. The minimum atomic E-state index is 1.11. The summed E-state index contributed by atoms with van der Waals surface area (Å²) in [5.41, 5.74) is 11.8. The first-order chi connectivity index (χ1) is 25.3. The quantitative estimate of drug-likeness (QED) is 0.171. The number of para-hydroxylation sites is 1. The van der Waals surface area contributed by atoms with E-state index in [2.05, 4.69) is 204 Å². The van der Waals surface area contributed by atoms with Gasteiger partial charge in [-0.25, -0.2) is 0 Å². The van der Waals surface area contributed by atoms with Gasteiger partial charge in [-0.3, -0.25) is 0 Å². The highest BCUT2D eigenvalue weighted by molar-refractivity contribution is 7.26. The van der Waals surface area contributed by atoms with Gasteiger partial charge in [0.1, 0.15) is 0 Å². The van der Waals surface area contributed by atoms with Gasteiger partial charge in [0.15, 0.2) is 0 Å². The third-order valence-electron chi connectivity index (χ3n) is 9.99. The Hall–Kier alpha value is -6.42. The molecule has 10 aromatic rings. The molecule has 3 heteroatoms. The average molecular weight is 669 g/mol. The summed E-state index contributed by atoms with van der Waals surface area (Å²) in [5.74, 6) is 0. The summed E-state index contributed by atoms with van der Waals surface area (Å²) in [6.07, 6.45) is 0. The molecule has 0 unspecified atom stereocenters. The summed E-state index contributed by atoms with van der Waals surface area (Å²) in [6, 6.07) is 70.4. The van der Waals surface area contributed by atoms with Crippen LogP contribution in [0.2, 0.25) is 0 Å². The van der Waals surface area contributed by atoms with Gasteiger partial charge in [-0.15, -0.1) is 11.3 Å². The molecule has 0 aliphatic rings. The van der Waals surface area contributed by atoms with E-state index in [4.69, 9.17) is 0 Å². The number of benzene rings is 8. The molecule has 0 N–H and O–H groups in total. The zero-order chi connectivity index (χ0) is 33.7. The summed E-state index contributed by atoms with van der Waals surface area (Å²) in [6.45, 7) is 0. The van der Waals surface area contributed by atoms with E-state index in [1.54, 1.807) is 0 Å². The maximum atomic E-state index is 2.45. The molecule has 0 aliphatic carbocycles. The van der Waals surface area contributed by atoms with Crippen molar-refractivity contribution in [3.8, 4) is 27.9 Å². The molecular weight excluding hydrogens is 637 g/mol. The predicted molar refractivity (Wildman–Crippen MR) is 219 cm³/mol. The summed E-state index contributed by atoms with van der Waals surface area (Å²) in [7, 11) is 0. The lowest BCUT2D eigenvalue weighted by Gasteiger charge is -2.27. The maximum Gasteiger partial charge on any atom is 0.0562 e. The molecule has 0 aliphatic heterocycles. The Bertz CT molecular complexity index is 2830. The number of fused-ring (bicyclic) bond motifs is 6. The Labute approximate surface area is 300 Å². The van der Waals surface area contributed by atoms with Crippen molar-refractivity contribution < 1.29 is 0 Å². The first kappa shape index (κ1) is 29.5. The van der Waals surface area contributed by atoms with E-state index in [9.17, 15) is 0 Å². The highest BCUT2D eigenvalue weighted by Crippen LogP contribution is 2.47. The molecule has 2 aromatic heterocycles. The first-order valence-corrected chi connectivity index (χ1v) is 18.2. The van der Waals surface area contributed by atoms with Gasteiger partial charge in [0.2, 0.25) is 0 Å². The van der Waals surface area contributed by atoms with Crippen LogP contribution in [-0.2, 0) is 0 Å². The van der Waals surface area contributed by atoms with Crippen molar-refractivity contribution in [3.63, 3.8) is 0 Å². The first-order valence-electron chi connectivity index (χ1n) is 17.4. The van der Waals surface area contributed by atoms with Crippen LogP contribution in [0.15, 0.2) is 194 Å². The number of rotatable bonds is 6. The van der Waals surface area contributed by atoms with Crippen LogP contribution in [0.5, 0.6) is 0 Å². The standard InChI is InChI=1S/C48H32N2S/c1-4-14-33(15-5-1)34-26-28-37(29-27-34)49(43-23-13-25-46-48(43)41-20-10-11-24-45(41)51-46)38-30-31-40-44(32-38)50(36-18-8-3-9-19-36)42-22-12-21-39(47(40)42)35-16-6-2-7-17-35/h1-32H. The van der Waals surface area contributed by atoms with Crippen LogP contribution in [-0.4, -0.2) is 4.57 Å². The Balaban J connectivity index is 1.26. The van der Waals surface area contributed by atoms with E-state index < -0.39 is 0 Å². The summed E-state index contributed by atoms with van der Waals surface area (Å²) < 4.78 is 5.01. The average Bonchev–Trinajstić information content (AvgIpc) is 3.75. The van der Waals surface area contributed by atoms with Crippen LogP contribution in [0.4, 0.5) is 17.1 Å². The van der Waals surface area contributed by atoms with E-state index in [1.165, 1.54) is 69.9 Å². The molecular formula is C48H32N2S. The molecule has 0 saturated carbocycles. The zero-order valence-corrected chi connectivity index (χ0v) is 28.6. The van der Waals surface area contributed by atoms with Crippen LogP contribution in [0.25, 0.3) is 69.9 Å². The summed E-state index contributed by atoms with van der Waals surface area (Å²) in [5, 5.41) is 5.06. The van der Waals surface area contributed by atoms with Gasteiger partial charge >= 0.3 is 0 Å². The Kier molecular flexibility index (Phi) is 7.04. The van der Waals surface area contributed by atoms with Crippen LogP contribution in [0.3, 0.4) is 0 Å². The molecule has 51 heavy (non-hydrogen) atoms. The second-order valence-electron chi connectivity index (χ2n) is 12.9. The van der Waals surface area contributed by atoms with E-state index in [0.29, 0.717) is 0 Å². The van der Waals surface area contributed by atoms with E-state index in [-0.39, 0.29) is 0 Å². The molecule has 240 valence electrons. The van der Waals surface area contributed by atoms with Gasteiger partial charge < -0.3 is 9.47 Å². The fourth-order valence-electron chi connectivity index (χ4n) is 7.71. The molecule has 0 atom stereocenters. The lowest BCUT2D eigenvalue weighted by molar-refractivity contribution is 1.18. The predicted octanol–water partition coefficient (Wildman–Crippen LogP) is 14.0. The molecule has 0 fully saturated rings. The molecule has 0 amide bonds. The maximum absolute atomic E-state index is 2.45. The number of anilines is 3. The highest BCUT2D eigenvalue weighted by atomic mass is 32.1. The van der Waals surface area contributed by atoms with Crippen molar-refractivity contribution in [2.45, 2.75) is 0 Å². The highest BCUT2D eigenvalue weighted by Gasteiger charge is 2.22. The second kappa shape index (κ2) is 12.2. The van der Waals surface area contributed by atoms with Gasteiger partial charge in [0, 0.05) is 48.0 Å². The van der Waals surface area contributed by atoms with Gasteiger partial charge in [-0.2, -0.15) is 0 Å².